The molecule has 1 radical (unpaired) electrons. The van der Waals surface area contributed by atoms with E-state index in [1.54, 1.807) is 30.3 Å². The molecule has 1 rings (SSSR count). The Bertz CT molecular complexity index is 435. The van der Waals surface area contributed by atoms with Crippen LogP contribution >= 0.6 is 10.8 Å². The third-order valence-electron chi connectivity index (χ3n) is 1.40. The summed E-state index contributed by atoms with van der Waals surface area (Å²) in [5.74, 6) is -0.822. The fraction of sp³-hybridized carbons (Fsp3) is 0.125. The maximum atomic E-state index is 11.2. The second kappa shape index (κ2) is 7.31. The van der Waals surface area contributed by atoms with Crippen LogP contribution in [0.3, 0.4) is 0 Å². The fourth-order valence-electron chi connectivity index (χ4n) is 0.847. The second-order valence-corrected chi connectivity index (χ2v) is 5.95. The maximum absolute atomic E-state index is 11.2. The van der Waals surface area contributed by atoms with Crippen molar-refractivity contribution in [2.75, 3.05) is 11.1 Å². The van der Waals surface area contributed by atoms with E-state index < -0.39 is 15.1 Å². The average molecular weight is 270 g/mol. The van der Waals surface area contributed by atoms with Gasteiger partial charge in [-0.1, -0.05) is 18.2 Å². The third-order valence-corrected chi connectivity index (χ3v) is 3.32. The van der Waals surface area contributed by atoms with Gasteiger partial charge in [0.05, 0.1) is 5.75 Å². The minimum atomic E-state index is -4.16. The SMILES string of the molecule is O=C(CSS(=O)(=O)O)Nc1ccccc1.[Na]. The van der Waals surface area contributed by atoms with Gasteiger partial charge in [-0.05, 0) is 12.1 Å². The van der Waals surface area contributed by atoms with Crippen LogP contribution in [0, 0.1) is 0 Å². The molecule has 0 saturated carbocycles. The predicted molar refractivity (Wildman–Crippen MR) is 64.8 cm³/mol. The Morgan fingerprint density at radius 2 is 1.88 bits per heavy atom. The Labute approximate surface area is 119 Å². The van der Waals surface area contributed by atoms with Crippen LogP contribution in [0.15, 0.2) is 30.3 Å². The zero-order valence-corrected chi connectivity index (χ0v) is 12.2. The molecule has 2 N–H and O–H groups in total. The molecule has 0 aromatic heterocycles. The summed E-state index contributed by atoms with van der Waals surface area (Å²) in [4.78, 5) is 11.2. The van der Waals surface area contributed by atoms with E-state index in [-0.39, 0.29) is 46.1 Å². The van der Waals surface area contributed by atoms with Gasteiger partial charge in [0, 0.05) is 46.0 Å². The van der Waals surface area contributed by atoms with Crippen molar-refractivity contribution in [2.24, 2.45) is 0 Å². The molecule has 0 fully saturated rings. The summed E-state index contributed by atoms with van der Waals surface area (Å²) in [5, 5.41) is 2.48. The van der Waals surface area contributed by atoms with Gasteiger partial charge in [0.1, 0.15) is 0 Å². The molecule has 16 heavy (non-hydrogen) atoms. The maximum Gasteiger partial charge on any atom is 0.320 e. The monoisotopic (exact) mass is 270 g/mol. The van der Waals surface area contributed by atoms with Gasteiger partial charge in [0.15, 0.2) is 0 Å². The first-order chi connectivity index (χ1) is 6.97. The van der Waals surface area contributed by atoms with Crippen molar-refractivity contribution in [3.8, 4) is 0 Å². The van der Waals surface area contributed by atoms with Gasteiger partial charge >= 0.3 is 9.15 Å². The molecular formula is C8H9NNaO4S2. The Kier molecular flexibility index (Phi) is 7.29. The van der Waals surface area contributed by atoms with E-state index in [1.807, 2.05) is 0 Å². The van der Waals surface area contributed by atoms with Crippen LogP contribution in [-0.2, 0) is 13.9 Å². The van der Waals surface area contributed by atoms with E-state index in [4.69, 9.17) is 4.55 Å². The van der Waals surface area contributed by atoms with Crippen LogP contribution in [0.1, 0.15) is 0 Å². The molecule has 0 saturated heterocycles. The summed E-state index contributed by atoms with van der Waals surface area (Å²) >= 11 is 0. The molecule has 0 atom stereocenters. The van der Waals surface area contributed by atoms with Gasteiger partial charge in [-0.3, -0.25) is 9.35 Å². The van der Waals surface area contributed by atoms with Gasteiger partial charge in [-0.25, -0.2) is 0 Å². The van der Waals surface area contributed by atoms with E-state index in [0.29, 0.717) is 5.69 Å². The van der Waals surface area contributed by atoms with Gasteiger partial charge in [-0.2, -0.15) is 8.42 Å². The molecule has 1 amide bonds. The van der Waals surface area contributed by atoms with Gasteiger partial charge in [0.2, 0.25) is 5.91 Å². The van der Waals surface area contributed by atoms with Crippen molar-refractivity contribution in [2.45, 2.75) is 0 Å². The van der Waals surface area contributed by atoms with E-state index in [1.165, 1.54) is 0 Å². The Morgan fingerprint density at radius 3 is 2.38 bits per heavy atom. The number of hydrogen-bond acceptors (Lipinski definition) is 4. The smallest absolute Gasteiger partial charge is 0.320 e. The predicted octanol–water partition coefficient (Wildman–Crippen LogP) is 0.780. The number of anilines is 1. The molecule has 83 valence electrons. The molecule has 0 aliphatic rings. The summed E-state index contributed by atoms with van der Waals surface area (Å²) < 4.78 is 29.0. The van der Waals surface area contributed by atoms with Crippen LogP contribution < -0.4 is 5.32 Å². The summed E-state index contributed by atoms with van der Waals surface area (Å²) in [5.41, 5.74) is 0.582. The third kappa shape index (κ3) is 7.26. The number of carbonyl (C=O) groups is 1. The number of benzene rings is 1. The van der Waals surface area contributed by atoms with E-state index in [0.717, 1.165) is 0 Å². The number of para-hydroxylation sites is 1. The van der Waals surface area contributed by atoms with Crippen molar-refractivity contribution in [3.05, 3.63) is 30.3 Å². The molecule has 0 bridgehead atoms. The zero-order valence-electron chi connectivity index (χ0n) is 8.58. The largest absolute Gasteiger partial charge is 0.325 e. The number of carbonyl (C=O) groups excluding carboxylic acids is 1. The first-order valence-corrected chi connectivity index (χ1v) is 6.88. The van der Waals surface area contributed by atoms with Crippen molar-refractivity contribution in [1.29, 1.82) is 0 Å². The van der Waals surface area contributed by atoms with Crippen molar-refractivity contribution in [1.82, 2.24) is 0 Å². The molecule has 1 aromatic carbocycles. The normalized spacial score (nSPS) is 10.3. The van der Waals surface area contributed by atoms with Crippen LogP contribution in [0.2, 0.25) is 0 Å². The number of amides is 1. The van der Waals surface area contributed by atoms with Gasteiger partial charge < -0.3 is 5.32 Å². The second-order valence-electron chi connectivity index (χ2n) is 2.60. The zero-order chi connectivity index (χ0) is 11.3. The van der Waals surface area contributed by atoms with Crippen LogP contribution in [0.4, 0.5) is 5.69 Å². The van der Waals surface area contributed by atoms with E-state index in [2.05, 4.69) is 5.32 Å². The average Bonchev–Trinajstić information content (AvgIpc) is 2.15. The van der Waals surface area contributed by atoms with E-state index >= 15 is 0 Å². The minimum Gasteiger partial charge on any atom is -0.325 e. The molecule has 5 nitrogen and oxygen atoms in total. The van der Waals surface area contributed by atoms with Crippen LogP contribution in [0.5, 0.6) is 0 Å². The molecule has 0 aliphatic carbocycles. The topological polar surface area (TPSA) is 83.5 Å². The minimum absolute atomic E-state index is 0. The van der Waals surface area contributed by atoms with Crippen LogP contribution in [-0.4, -0.2) is 54.2 Å². The van der Waals surface area contributed by atoms with E-state index in [9.17, 15) is 13.2 Å². The molecule has 0 unspecified atom stereocenters. The Morgan fingerprint density at radius 1 is 1.31 bits per heavy atom. The Balaban J connectivity index is 0.00000225. The Hall–Kier alpha value is -0.0500. The molecule has 8 heteroatoms. The van der Waals surface area contributed by atoms with Crippen molar-refractivity contribution >= 4 is 61.1 Å². The molecule has 0 aliphatic heterocycles. The number of rotatable bonds is 4. The van der Waals surface area contributed by atoms with Crippen molar-refractivity contribution in [3.63, 3.8) is 0 Å². The standard InChI is InChI=1S/C8H9NO4S2.Na/c10-8(6-14-15(11,12)13)9-7-4-2-1-3-5-7;/h1-5H,6H2,(H,9,10)(H,11,12,13);. The van der Waals surface area contributed by atoms with Crippen molar-refractivity contribution < 1.29 is 17.8 Å². The first kappa shape index (κ1) is 16.0. The fourth-order valence-corrected chi connectivity index (χ4v) is 1.94. The summed E-state index contributed by atoms with van der Waals surface area (Å²) in [6.45, 7) is 0. The summed E-state index contributed by atoms with van der Waals surface area (Å²) in [7, 11) is -3.98. The molecule has 1 aromatic rings. The molecule has 0 heterocycles. The van der Waals surface area contributed by atoms with Gasteiger partial charge in [0.25, 0.3) is 0 Å². The molecular weight excluding hydrogens is 261 g/mol. The molecule has 0 spiro atoms. The van der Waals surface area contributed by atoms with Gasteiger partial charge in [-0.15, -0.1) is 0 Å². The quantitative estimate of drug-likeness (QED) is 0.480. The summed E-state index contributed by atoms with van der Waals surface area (Å²) in [6, 6.07) is 8.63. The van der Waals surface area contributed by atoms with Crippen LogP contribution in [0.25, 0.3) is 0 Å². The number of nitrogens with one attached hydrogen (secondary N) is 1. The first-order valence-electron chi connectivity index (χ1n) is 3.94. The summed E-state index contributed by atoms with van der Waals surface area (Å²) in [6.07, 6.45) is 0. The number of hydrogen-bond donors (Lipinski definition) is 2.